The van der Waals surface area contributed by atoms with Gasteiger partial charge in [0, 0.05) is 11.3 Å². The van der Waals surface area contributed by atoms with Crippen molar-refractivity contribution >= 4 is 17.8 Å². The highest BCUT2D eigenvalue weighted by Gasteiger charge is 2.61. The van der Waals surface area contributed by atoms with Crippen LogP contribution in [0.25, 0.3) is 0 Å². The first kappa shape index (κ1) is 19.5. The molecule has 0 saturated carbocycles. The van der Waals surface area contributed by atoms with Crippen LogP contribution >= 0.6 is 0 Å². The van der Waals surface area contributed by atoms with Crippen molar-refractivity contribution in [2.24, 2.45) is 5.73 Å². The first-order valence-corrected chi connectivity index (χ1v) is 8.66. The minimum absolute atomic E-state index is 0.0217. The van der Waals surface area contributed by atoms with Gasteiger partial charge in [-0.25, -0.2) is 9.59 Å². The number of hydrogen-bond donors (Lipinski definition) is 2. The summed E-state index contributed by atoms with van der Waals surface area (Å²) in [4.78, 5) is 39.1. The number of methoxy groups -OCH3 is 1. The van der Waals surface area contributed by atoms with Crippen molar-refractivity contribution in [1.29, 1.82) is 0 Å². The van der Waals surface area contributed by atoms with Crippen LogP contribution < -0.4 is 15.8 Å². The number of carbonyl (C=O) groups excluding carboxylic acids is 3. The lowest BCUT2D eigenvalue weighted by Gasteiger charge is -2.36. The van der Waals surface area contributed by atoms with Gasteiger partial charge in [0.05, 0.1) is 12.7 Å². The van der Waals surface area contributed by atoms with Crippen molar-refractivity contribution in [1.82, 2.24) is 5.32 Å². The molecule has 1 amide bonds. The second-order valence-electron chi connectivity index (χ2n) is 7.54. The standard InChI is InChI=1S/C20H22N2O6/c1-10-13(17(24)28-19(2,3)4)20(18(25)22-10)11-8-6-7-9-12(11)27-15(21)14(20)16(23)26-5/h6-9H,21H2,1-5H3,(H,22,25)/t20-/m1/s1. The number of hydrogen-bond acceptors (Lipinski definition) is 7. The number of benzene rings is 1. The fourth-order valence-corrected chi connectivity index (χ4v) is 3.56. The van der Waals surface area contributed by atoms with Crippen LogP contribution in [0.15, 0.2) is 47.0 Å². The number of nitrogens with one attached hydrogen (secondary N) is 1. The van der Waals surface area contributed by atoms with Crippen molar-refractivity contribution in [3.05, 3.63) is 52.6 Å². The molecule has 0 saturated heterocycles. The van der Waals surface area contributed by atoms with E-state index in [2.05, 4.69) is 5.32 Å². The van der Waals surface area contributed by atoms with Crippen molar-refractivity contribution in [2.75, 3.05) is 7.11 Å². The molecule has 3 N–H and O–H groups in total. The van der Waals surface area contributed by atoms with Gasteiger partial charge in [0.1, 0.15) is 22.3 Å². The van der Waals surface area contributed by atoms with Crippen LogP contribution in [0.3, 0.4) is 0 Å². The third-order valence-corrected chi connectivity index (χ3v) is 4.52. The molecule has 2 heterocycles. The molecule has 1 aromatic carbocycles. The zero-order valence-electron chi connectivity index (χ0n) is 16.3. The summed E-state index contributed by atoms with van der Waals surface area (Å²) in [5, 5.41) is 2.65. The van der Waals surface area contributed by atoms with E-state index in [1.165, 1.54) is 0 Å². The topological polar surface area (TPSA) is 117 Å². The van der Waals surface area contributed by atoms with Crippen molar-refractivity contribution < 1.29 is 28.6 Å². The van der Waals surface area contributed by atoms with E-state index < -0.39 is 28.9 Å². The summed E-state index contributed by atoms with van der Waals surface area (Å²) in [6.07, 6.45) is 0. The Morgan fingerprint density at radius 3 is 2.39 bits per heavy atom. The highest BCUT2D eigenvalue weighted by Crippen LogP contribution is 2.51. The predicted molar refractivity (Wildman–Crippen MR) is 98.7 cm³/mol. The minimum Gasteiger partial charge on any atom is -0.465 e. The summed E-state index contributed by atoms with van der Waals surface area (Å²) in [5.74, 6) is -2.27. The Morgan fingerprint density at radius 2 is 1.79 bits per heavy atom. The first-order valence-electron chi connectivity index (χ1n) is 8.66. The monoisotopic (exact) mass is 386 g/mol. The molecular formula is C20H22N2O6. The summed E-state index contributed by atoms with van der Waals surface area (Å²) in [6.45, 7) is 6.69. The molecule has 0 radical (unpaired) electrons. The Kier molecular flexibility index (Phi) is 4.45. The Hall–Kier alpha value is -3.29. The molecule has 2 aliphatic heterocycles. The fraction of sp³-hybridized carbons (Fsp3) is 0.350. The van der Waals surface area contributed by atoms with E-state index in [0.29, 0.717) is 5.56 Å². The van der Waals surface area contributed by atoms with Gasteiger partial charge in [-0.3, -0.25) is 4.79 Å². The average molecular weight is 386 g/mol. The highest BCUT2D eigenvalue weighted by molar-refractivity contribution is 6.17. The van der Waals surface area contributed by atoms with Gasteiger partial charge < -0.3 is 25.3 Å². The van der Waals surface area contributed by atoms with Gasteiger partial charge >= 0.3 is 11.9 Å². The molecule has 0 aliphatic carbocycles. The predicted octanol–water partition coefficient (Wildman–Crippen LogP) is 1.41. The summed E-state index contributed by atoms with van der Waals surface area (Å²) in [6, 6.07) is 6.58. The molecule has 1 spiro atoms. The van der Waals surface area contributed by atoms with Gasteiger partial charge in [-0.1, -0.05) is 18.2 Å². The molecule has 28 heavy (non-hydrogen) atoms. The molecule has 1 aromatic rings. The Balaban J connectivity index is 2.37. The number of carbonyl (C=O) groups is 3. The van der Waals surface area contributed by atoms with E-state index in [0.717, 1.165) is 7.11 Å². The molecule has 2 aliphatic rings. The number of ether oxygens (including phenoxy) is 3. The van der Waals surface area contributed by atoms with Crippen LogP contribution in [-0.2, 0) is 29.3 Å². The molecule has 0 bridgehead atoms. The second kappa shape index (κ2) is 6.40. The normalized spacial score (nSPS) is 21.2. The van der Waals surface area contributed by atoms with Crippen molar-refractivity contribution in [3.63, 3.8) is 0 Å². The molecule has 8 nitrogen and oxygen atoms in total. The van der Waals surface area contributed by atoms with Gasteiger partial charge in [0.25, 0.3) is 0 Å². The van der Waals surface area contributed by atoms with E-state index in [9.17, 15) is 14.4 Å². The third-order valence-electron chi connectivity index (χ3n) is 4.52. The quantitative estimate of drug-likeness (QED) is 0.738. The first-order chi connectivity index (χ1) is 13.0. The van der Waals surface area contributed by atoms with E-state index >= 15 is 0 Å². The lowest BCUT2D eigenvalue weighted by Crippen LogP contribution is -2.49. The number of allylic oxidation sites excluding steroid dienone is 1. The van der Waals surface area contributed by atoms with E-state index in [1.54, 1.807) is 52.0 Å². The van der Waals surface area contributed by atoms with Crippen LogP contribution in [0.5, 0.6) is 5.75 Å². The average Bonchev–Trinajstić information content (AvgIpc) is 2.84. The second-order valence-corrected chi connectivity index (χ2v) is 7.54. The summed E-state index contributed by atoms with van der Waals surface area (Å²) in [7, 11) is 1.16. The lowest BCUT2D eigenvalue weighted by atomic mass is 9.67. The number of nitrogens with two attached hydrogens (primary N) is 1. The third kappa shape index (κ3) is 2.72. The number of fused-ring (bicyclic) bond motifs is 2. The van der Waals surface area contributed by atoms with Crippen molar-refractivity contribution in [3.8, 4) is 5.75 Å². The number of para-hydroxylation sites is 1. The van der Waals surface area contributed by atoms with Crippen LogP contribution in [0.4, 0.5) is 0 Å². The van der Waals surface area contributed by atoms with Gasteiger partial charge in [0.2, 0.25) is 11.8 Å². The Bertz CT molecular complexity index is 954. The molecule has 3 rings (SSSR count). The van der Waals surface area contributed by atoms with Crippen LogP contribution in [0.2, 0.25) is 0 Å². The molecule has 8 heteroatoms. The molecule has 1 atom stereocenters. The molecule has 0 unspecified atom stereocenters. The van der Waals surface area contributed by atoms with Gasteiger partial charge in [-0.2, -0.15) is 0 Å². The number of rotatable bonds is 2. The Labute approximate surface area is 162 Å². The van der Waals surface area contributed by atoms with Gasteiger partial charge in [0.15, 0.2) is 0 Å². The van der Waals surface area contributed by atoms with Gasteiger partial charge in [-0.15, -0.1) is 0 Å². The van der Waals surface area contributed by atoms with E-state index in [1.807, 2.05) is 0 Å². The highest BCUT2D eigenvalue weighted by atomic mass is 16.6. The zero-order valence-corrected chi connectivity index (χ0v) is 16.3. The summed E-state index contributed by atoms with van der Waals surface area (Å²) < 4.78 is 16.0. The summed E-state index contributed by atoms with van der Waals surface area (Å²) in [5.41, 5.74) is 3.66. The molecule has 0 aromatic heterocycles. The molecule has 148 valence electrons. The number of amides is 1. The van der Waals surface area contributed by atoms with Crippen LogP contribution in [-0.4, -0.2) is 30.6 Å². The van der Waals surface area contributed by atoms with Gasteiger partial charge in [-0.05, 0) is 33.8 Å². The van der Waals surface area contributed by atoms with E-state index in [-0.39, 0.29) is 28.5 Å². The maximum Gasteiger partial charge on any atom is 0.340 e. The van der Waals surface area contributed by atoms with Crippen LogP contribution in [0, 0.1) is 0 Å². The number of esters is 2. The SMILES string of the molecule is COC(=O)C1=C(N)Oc2ccccc2[C@]12C(=O)NC(C)=C2C(=O)OC(C)(C)C. The molecule has 0 fully saturated rings. The maximum atomic E-state index is 13.3. The Morgan fingerprint density at radius 1 is 1.14 bits per heavy atom. The smallest absolute Gasteiger partial charge is 0.340 e. The summed E-state index contributed by atoms with van der Waals surface area (Å²) >= 11 is 0. The van der Waals surface area contributed by atoms with Crippen molar-refractivity contribution in [2.45, 2.75) is 38.7 Å². The molecular weight excluding hydrogens is 364 g/mol. The maximum absolute atomic E-state index is 13.3. The largest absolute Gasteiger partial charge is 0.465 e. The fourth-order valence-electron chi connectivity index (χ4n) is 3.56. The zero-order chi connectivity index (χ0) is 20.9. The lowest BCUT2D eigenvalue weighted by molar-refractivity contribution is -0.151. The minimum atomic E-state index is -1.83. The van der Waals surface area contributed by atoms with Crippen LogP contribution in [0.1, 0.15) is 33.3 Å². The van der Waals surface area contributed by atoms with E-state index in [4.69, 9.17) is 19.9 Å².